The molecule has 0 radical (unpaired) electrons. The van der Waals surface area contributed by atoms with Crippen LogP contribution in [-0.2, 0) is 4.79 Å². The Kier molecular flexibility index (Phi) is 4.35. The molecule has 0 aliphatic heterocycles. The number of benzene rings is 1. The van der Waals surface area contributed by atoms with E-state index in [2.05, 4.69) is 0 Å². The summed E-state index contributed by atoms with van der Waals surface area (Å²) in [5.74, 6) is -0.371. The standard InChI is InChI=1S/C13H18O3/c1-4-16-11-7-5-10(6-8-11)12(9(2)3)13(14)15/h5-9,12H,4H2,1-3H3,(H,14,15). The van der Waals surface area contributed by atoms with E-state index in [1.54, 1.807) is 0 Å². The van der Waals surface area contributed by atoms with E-state index < -0.39 is 11.9 Å². The number of ether oxygens (including phenoxy) is 1. The van der Waals surface area contributed by atoms with Gasteiger partial charge < -0.3 is 9.84 Å². The molecule has 3 heteroatoms. The number of aliphatic carboxylic acids is 1. The van der Waals surface area contributed by atoms with Crippen molar-refractivity contribution in [3.63, 3.8) is 0 Å². The van der Waals surface area contributed by atoms with Crippen molar-refractivity contribution in [1.82, 2.24) is 0 Å². The highest BCUT2D eigenvalue weighted by Crippen LogP contribution is 2.26. The van der Waals surface area contributed by atoms with Crippen molar-refractivity contribution >= 4 is 5.97 Å². The van der Waals surface area contributed by atoms with E-state index in [9.17, 15) is 4.79 Å². The van der Waals surface area contributed by atoms with Crippen LogP contribution in [0, 0.1) is 5.92 Å². The molecule has 1 aromatic carbocycles. The van der Waals surface area contributed by atoms with Crippen molar-refractivity contribution < 1.29 is 14.6 Å². The molecule has 0 heterocycles. The van der Waals surface area contributed by atoms with Gasteiger partial charge in [-0.3, -0.25) is 4.79 Å². The molecular weight excluding hydrogens is 204 g/mol. The molecule has 0 saturated heterocycles. The number of hydrogen-bond acceptors (Lipinski definition) is 2. The highest BCUT2D eigenvalue weighted by Gasteiger charge is 2.23. The van der Waals surface area contributed by atoms with Crippen LogP contribution in [0.2, 0.25) is 0 Å². The molecule has 1 N–H and O–H groups in total. The number of rotatable bonds is 5. The first-order chi connectivity index (χ1) is 7.56. The van der Waals surface area contributed by atoms with Gasteiger partial charge in [0, 0.05) is 0 Å². The van der Waals surface area contributed by atoms with Gasteiger partial charge in [-0.1, -0.05) is 26.0 Å². The Bertz CT molecular complexity index is 341. The van der Waals surface area contributed by atoms with Gasteiger partial charge >= 0.3 is 5.97 Å². The smallest absolute Gasteiger partial charge is 0.311 e. The highest BCUT2D eigenvalue weighted by atomic mass is 16.5. The first-order valence-electron chi connectivity index (χ1n) is 5.51. The zero-order valence-corrected chi connectivity index (χ0v) is 9.93. The minimum atomic E-state index is -0.779. The van der Waals surface area contributed by atoms with Gasteiger partial charge in [-0.05, 0) is 30.5 Å². The summed E-state index contributed by atoms with van der Waals surface area (Å²) in [5, 5.41) is 9.14. The second kappa shape index (κ2) is 5.54. The topological polar surface area (TPSA) is 46.5 Å². The van der Waals surface area contributed by atoms with E-state index in [-0.39, 0.29) is 5.92 Å². The van der Waals surface area contributed by atoms with Crippen molar-refractivity contribution in [3.8, 4) is 5.75 Å². The van der Waals surface area contributed by atoms with Gasteiger partial charge in [-0.2, -0.15) is 0 Å². The maximum atomic E-state index is 11.1. The van der Waals surface area contributed by atoms with Gasteiger partial charge in [0.05, 0.1) is 12.5 Å². The third-order valence-electron chi connectivity index (χ3n) is 2.48. The number of carbonyl (C=O) groups is 1. The molecule has 88 valence electrons. The Morgan fingerprint density at radius 3 is 2.25 bits per heavy atom. The monoisotopic (exact) mass is 222 g/mol. The lowest BCUT2D eigenvalue weighted by Crippen LogP contribution is -2.17. The van der Waals surface area contributed by atoms with Crippen LogP contribution in [0.4, 0.5) is 0 Å². The lowest BCUT2D eigenvalue weighted by Gasteiger charge is -2.16. The predicted octanol–water partition coefficient (Wildman–Crippen LogP) is 2.91. The Labute approximate surface area is 96.1 Å². The molecule has 1 rings (SSSR count). The molecule has 0 aliphatic carbocycles. The van der Waals surface area contributed by atoms with Crippen LogP contribution >= 0.6 is 0 Å². The molecule has 1 aromatic rings. The van der Waals surface area contributed by atoms with Crippen molar-refractivity contribution in [2.75, 3.05) is 6.61 Å². The van der Waals surface area contributed by atoms with E-state index in [1.165, 1.54) is 0 Å². The van der Waals surface area contributed by atoms with Gasteiger partial charge in [-0.15, -0.1) is 0 Å². The fraction of sp³-hybridized carbons (Fsp3) is 0.462. The summed E-state index contributed by atoms with van der Waals surface area (Å²) in [5.41, 5.74) is 0.825. The van der Waals surface area contributed by atoms with Crippen LogP contribution in [0.15, 0.2) is 24.3 Å². The van der Waals surface area contributed by atoms with Crippen molar-refractivity contribution in [2.24, 2.45) is 5.92 Å². The molecule has 1 atom stereocenters. The van der Waals surface area contributed by atoms with Crippen LogP contribution in [0.3, 0.4) is 0 Å². The zero-order valence-electron chi connectivity index (χ0n) is 9.93. The van der Waals surface area contributed by atoms with Crippen LogP contribution in [0.5, 0.6) is 5.75 Å². The maximum absolute atomic E-state index is 11.1. The average molecular weight is 222 g/mol. The number of carboxylic acid groups (broad SMARTS) is 1. The van der Waals surface area contributed by atoms with Crippen LogP contribution in [0.1, 0.15) is 32.3 Å². The highest BCUT2D eigenvalue weighted by molar-refractivity contribution is 5.76. The van der Waals surface area contributed by atoms with E-state index in [0.29, 0.717) is 6.61 Å². The SMILES string of the molecule is CCOc1ccc(C(C(=O)O)C(C)C)cc1. The average Bonchev–Trinajstić information content (AvgIpc) is 2.20. The molecule has 0 bridgehead atoms. The van der Waals surface area contributed by atoms with E-state index in [4.69, 9.17) is 9.84 Å². The van der Waals surface area contributed by atoms with E-state index >= 15 is 0 Å². The molecule has 1 unspecified atom stereocenters. The minimum Gasteiger partial charge on any atom is -0.494 e. The van der Waals surface area contributed by atoms with E-state index in [0.717, 1.165) is 11.3 Å². The van der Waals surface area contributed by atoms with Gasteiger partial charge in [-0.25, -0.2) is 0 Å². The first kappa shape index (κ1) is 12.6. The molecule has 16 heavy (non-hydrogen) atoms. The predicted molar refractivity (Wildman–Crippen MR) is 62.8 cm³/mol. The van der Waals surface area contributed by atoms with Crippen LogP contribution in [-0.4, -0.2) is 17.7 Å². The van der Waals surface area contributed by atoms with Gasteiger partial charge in [0.15, 0.2) is 0 Å². The van der Waals surface area contributed by atoms with Crippen LogP contribution in [0.25, 0.3) is 0 Å². The summed E-state index contributed by atoms with van der Waals surface area (Å²) in [4.78, 5) is 11.1. The number of hydrogen-bond donors (Lipinski definition) is 1. The van der Waals surface area contributed by atoms with Crippen molar-refractivity contribution in [2.45, 2.75) is 26.7 Å². The molecule has 0 saturated carbocycles. The lowest BCUT2D eigenvalue weighted by atomic mass is 9.88. The molecular formula is C13H18O3. The Hall–Kier alpha value is -1.51. The summed E-state index contributed by atoms with van der Waals surface area (Å²) < 4.78 is 5.31. The lowest BCUT2D eigenvalue weighted by molar-refractivity contribution is -0.139. The van der Waals surface area contributed by atoms with E-state index in [1.807, 2.05) is 45.0 Å². The minimum absolute atomic E-state index is 0.0791. The summed E-state index contributed by atoms with van der Waals surface area (Å²) >= 11 is 0. The zero-order chi connectivity index (χ0) is 12.1. The molecule has 3 nitrogen and oxygen atoms in total. The van der Waals surface area contributed by atoms with Gasteiger partial charge in [0.25, 0.3) is 0 Å². The first-order valence-corrected chi connectivity index (χ1v) is 5.51. The Morgan fingerprint density at radius 2 is 1.88 bits per heavy atom. The van der Waals surface area contributed by atoms with Crippen molar-refractivity contribution in [1.29, 1.82) is 0 Å². The maximum Gasteiger partial charge on any atom is 0.311 e. The molecule has 0 spiro atoms. The second-order valence-electron chi connectivity index (χ2n) is 4.06. The Balaban J connectivity index is 2.90. The summed E-state index contributed by atoms with van der Waals surface area (Å²) in [7, 11) is 0. The summed E-state index contributed by atoms with van der Waals surface area (Å²) in [6.07, 6.45) is 0. The quantitative estimate of drug-likeness (QED) is 0.833. The second-order valence-corrected chi connectivity index (χ2v) is 4.06. The third-order valence-corrected chi connectivity index (χ3v) is 2.48. The van der Waals surface area contributed by atoms with Crippen molar-refractivity contribution in [3.05, 3.63) is 29.8 Å². The third kappa shape index (κ3) is 2.99. The largest absolute Gasteiger partial charge is 0.494 e. The van der Waals surface area contributed by atoms with Crippen LogP contribution < -0.4 is 4.74 Å². The number of carboxylic acids is 1. The van der Waals surface area contributed by atoms with Gasteiger partial charge in [0.2, 0.25) is 0 Å². The van der Waals surface area contributed by atoms with Gasteiger partial charge in [0.1, 0.15) is 5.75 Å². The normalized spacial score (nSPS) is 12.5. The molecule has 0 amide bonds. The summed E-state index contributed by atoms with van der Waals surface area (Å²) in [6, 6.07) is 7.28. The fourth-order valence-electron chi connectivity index (χ4n) is 1.75. The fourth-order valence-corrected chi connectivity index (χ4v) is 1.75. The Morgan fingerprint density at radius 1 is 1.31 bits per heavy atom. The summed E-state index contributed by atoms with van der Waals surface area (Å²) in [6.45, 7) is 6.36. The molecule has 0 aliphatic rings. The molecule has 0 aromatic heterocycles. The molecule has 0 fully saturated rings.